The average molecular weight is 698 g/mol. The first-order valence-electron chi connectivity index (χ1n) is 13.6. The minimum atomic E-state index is -3.95. The number of phenols is 1. The lowest BCUT2D eigenvalue weighted by Gasteiger charge is -2.31. The molecule has 18 heteroatoms. The number of amides is 3. The van der Waals surface area contributed by atoms with Gasteiger partial charge in [-0.15, -0.1) is 0 Å². The van der Waals surface area contributed by atoms with E-state index in [4.69, 9.17) is 9.88 Å². The molecule has 47 heavy (non-hydrogen) atoms. The van der Waals surface area contributed by atoms with Crippen LogP contribution in [0.4, 0.5) is 17.1 Å². The molecule has 6 rings (SSSR count). The van der Waals surface area contributed by atoms with E-state index in [2.05, 4.69) is 5.32 Å². The average Bonchev–Trinajstić information content (AvgIpc) is 3.47. The number of nitro benzene ring substituents is 1. The number of anilines is 2. The number of carbonyl (C=O) groups excluding carboxylic acids is 3. The fraction of sp³-hybridized carbons (Fsp3) is 0.172. The summed E-state index contributed by atoms with van der Waals surface area (Å²) in [7, 11) is -2.60. The van der Waals surface area contributed by atoms with Crippen molar-refractivity contribution in [3.63, 3.8) is 0 Å². The summed E-state index contributed by atoms with van der Waals surface area (Å²) in [5.41, 5.74) is 0.627. The van der Waals surface area contributed by atoms with Crippen LogP contribution in [0.5, 0.6) is 11.5 Å². The maximum atomic E-state index is 14.0. The van der Waals surface area contributed by atoms with Crippen molar-refractivity contribution < 1.29 is 37.6 Å². The molecule has 3 aromatic carbocycles. The first-order valence-corrected chi connectivity index (χ1v) is 16.8. The highest BCUT2D eigenvalue weighted by atomic mass is 32.2. The number of fused-ring (bicyclic) bond motifs is 2. The van der Waals surface area contributed by atoms with Crippen LogP contribution in [0, 0.1) is 16.0 Å². The molecule has 0 radical (unpaired) electrons. The van der Waals surface area contributed by atoms with Crippen LogP contribution < -0.4 is 25.0 Å². The van der Waals surface area contributed by atoms with Gasteiger partial charge in [-0.3, -0.25) is 33.9 Å². The van der Waals surface area contributed by atoms with Gasteiger partial charge < -0.3 is 15.2 Å². The van der Waals surface area contributed by atoms with Gasteiger partial charge in [0.05, 0.1) is 33.6 Å². The summed E-state index contributed by atoms with van der Waals surface area (Å²) < 4.78 is 29.6. The Kier molecular flexibility index (Phi) is 8.12. The molecule has 1 fully saturated rings. The molecule has 2 aliphatic rings. The smallest absolute Gasteiger partial charge is 0.308 e. The van der Waals surface area contributed by atoms with Gasteiger partial charge in [0.2, 0.25) is 27.7 Å². The normalized spacial score (nSPS) is 18.9. The van der Waals surface area contributed by atoms with Gasteiger partial charge in [-0.2, -0.15) is 0 Å². The Morgan fingerprint density at radius 1 is 1.06 bits per heavy atom. The predicted molar refractivity (Wildman–Crippen MR) is 170 cm³/mol. The lowest BCUT2D eigenvalue weighted by Crippen LogP contribution is -2.33. The van der Waals surface area contributed by atoms with Gasteiger partial charge in [-0.05, 0) is 54.1 Å². The maximum Gasteiger partial charge on any atom is 0.308 e. The number of thiazole rings is 1. The number of rotatable bonds is 8. The number of nitrogens with one attached hydrogen (secondary N) is 1. The molecule has 3 amide bonds. The van der Waals surface area contributed by atoms with Gasteiger partial charge in [-0.1, -0.05) is 29.2 Å². The van der Waals surface area contributed by atoms with E-state index in [9.17, 15) is 42.8 Å². The van der Waals surface area contributed by atoms with Crippen LogP contribution in [0.15, 0.2) is 81.4 Å². The first-order chi connectivity index (χ1) is 22.3. The first kappa shape index (κ1) is 31.9. The van der Waals surface area contributed by atoms with Crippen molar-refractivity contribution in [1.82, 2.24) is 4.57 Å². The highest BCUT2D eigenvalue weighted by molar-refractivity contribution is 8.00. The fourth-order valence-corrected chi connectivity index (χ4v) is 8.84. The second-order valence-electron chi connectivity index (χ2n) is 10.5. The number of methoxy groups -OCH3 is 1. The van der Waals surface area contributed by atoms with Crippen molar-refractivity contribution in [2.24, 2.45) is 11.1 Å². The predicted octanol–water partition coefficient (Wildman–Crippen LogP) is 2.61. The van der Waals surface area contributed by atoms with E-state index in [0.717, 1.165) is 28.0 Å². The van der Waals surface area contributed by atoms with Gasteiger partial charge in [0.1, 0.15) is 11.8 Å². The second-order valence-corrected chi connectivity index (χ2v) is 14.2. The Hall–Kier alpha value is -5.04. The fourth-order valence-electron chi connectivity index (χ4n) is 5.55. The van der Waals surface area contributed by atoms with E-state index in [1.54, 1.807) is 6.07 Å². The number of imide groups is 1. The molecule has 0 saturated carbocycles. The Balaban J connectivity index is 1.39. The molecule has 4 N–H and O–H groups in total. The van der Waals surface area contributed by atoms with Crippen molar-refractivity contribution in [2.75, 3.05) is 17.3 Å². The highest BCUT2D eigenvalue weighted by Gasteiger charge is 2.57. The zero-order chi connectivity index (χ0) is 33.8. The molecule has 1 saturated heterocycles. The molecule has 3 atom stereocenters. The molecule has 0 aliphatic carbocycles. The monoisotopic (exact) mass is 697 g/mol. The number of hydrogen-bond acceptors (Lipinski definition) is 12. The van der Waals surface area contributed by atoms with Crippen LogP contribution in [-0.4, -0.2) is 53.1 Å². The molecular weight excluding hydrogens is 675 g/mol. The third-order valence-electron chi connectivity index (χ3n) is 7.70. The quantitative estimate of drug-likeness (QED) is 0.138. The summed E-state index contributed by atoms with van der Waals surface area (Å²) in [4.78, 5) is 65.7. The number of thioether (sulfide) groups is 1. The van der Waals surface area contributed by atoms with Crippen LogP contribution in [0.3, 0.4) is 0 Å². The Morgan fingerprint density at radius 2 is 1.74 bits per heavy atom. The molecular formula is C29H23N5O10S3. The van der Waals surface area contributed by atoms with E-state index in [1.807, 2.05) is 0 Å². The summed E-state index contributed by atoms with van der Waals surface area (Å²) in [5, 5.41) is 28.4. The standard InChI is InChI=1S/C29H23N5O10S3/c1-44-20-12-14(2-11-19(20)35)22-23-24(27(38)33(26(23)37)16-5-7-17(8-6-16)34(40)41)45-28-25(22)46-29(39)32(28)13-21(36)31-15-3-9-18(10-4-15)47(30,42)43/h2-12,22-24,35H,13H2,1H3,(H,31,36)(H2,30,42,43). The molecule has 0 spiro atoms. The zero-order valence-electron chi connectivity index (χ0n) is 24.1. The number of sulfonamides is 1. The number of ether oxygens (including phenoxy) is 1. The number of non-ortho nitro benzene ring substituents is 1. The van der Waals surface area contributed by atoms with Gasteiger partial charge in [0.15, 0.2) is 11.5 Å². The third-order valence-corrected chi connectivity index (χ3v) is 11.2. The summed E-state index contributed by atoms with van der Waals surface area (Å²) >= 11 is 1.78. The number of phenolic OH excluding ortho intramolecular Hbond substituents is 1. The molecule has 1 aromatic heterocycles. The molecule has 4 aromatic rings. The number of aromatic nitrogens is 1. The van der Waals surface area contributed by atoms with Gasteiger partial charge >= 0.3 is 4.87 Å². The van der Waals surface area contributed by atoms with Crippen LogP contribution in [-0.2, 0) is 31.0 Å². The number of nitrogens with zero attached hydrogens (tertiary/aromatic N) is 3. The van der Waals surface area contributed by atoms with Crippen molar-refractivity contribution in [3.05, 3.63) is 97.0 Å². The highest BCUT2D eigenvalue weighted by Crippen LogP contribution is 2.54. The van der Waals surface area contributed by atoms with E-state index in [1.165, 1.54) is 72.3 Å². The number of benzene rings is 3. The van der Waals surface area contributed by atoms with Gasteiger partial charge in [0.25, 0.3) is 5.69 Å². The SMILES string of the molecule is COc1cc(C2c3sc(=O)n(CC(=O)Nc4ccc(S(N)(=O)=O)cc4)c3SC3C(=O)N(c4ccc([N+](=O)[O-])cc4)C(=O)C32)ccc1O. The topological polar surface area (TPSA) is 221 Å². The van der Waals surface area contributed by atoms with E-state index < -0.39 is 61.2 Å². The number of hydrogen-bond donors (Lipinski definition) is 3. The largest absolute Gasteiger partial charge is 0.504 e. The second kappa shape index (κ2) is 12.0. The lowest BCUT2D eigenvalue weighted by molar-refractivity contribution is -0.384. The van der Waals surface area contributed by atoms with E-state index in [0.29, 0.717) is 15.5 Å². The number of aromatic hydroxyl groups is 1. The van der Waals surface area contributed by atoms with E-state index >= 15 is 0 Å². The molecule has 242 valence electrons. The number of nitro groups is 1. The summed E-state index contributed by atoms with van der Waals surface area (Å²) in [6.07, 6.45) is 0. The maximum absolute atomic E-state index is 14.0. The number of carbonyl (C=O) groups is 3. The van der Waals surface area contributed by atoms with E-state index in [-0.39, 0.29) is 33.5 Å². The van der Waals surface area contributed by atoms with Crippen LogP contribution in [0.1, 0.15) is 16.4 Å². The van der Waals surface area contributed by atoms with Crippen LogP contribution in [0.2, 0.25) is 0 Å². The molecule has 3 unspecified atom stereocenters. The van der Waals surface area contributed by atoms with Gasteiger partial charge in [-0.25, -0.2) is 18.5 Å². The van der Waals surface area contributed by atoms with Crippen molar-refractivity contribution in [2.45, 2.75) is 27.6 Å². The van der Waals surface area contributed by atoms with Crippen molar-refractivity contribution in [1.29, 1.82) is 0 Å². The summed E-state index contributed by atoms with van der Waals surface area (Å²) in [6, 6.07) is 14.5. The Morgan fingerprint density at radius 3 is 2.36 bits per heavy atom. The van der Waals surface area contributed by atoms with Gasteiger partial charge in [0, 0.05) is 28.6 Å². The number of nitrogens with two attached hydrogens (primary N) is 1. The molecule has 2 aliphatic heterocycles. The van der Waals surface area contributed by atoms with Crippen LogP contribution in [0.25, 0.3) is 0 Å². The van der Waals surface area contributed by atoms with Crippen molar-refractivity contribution >= 4 is 67.9 Å². The Labute approximate surface area is 273 Å². The Bertz CT molecular complexity index is 2130. The zero-order valence-corrected chi connectivity index (χ0v) is 26.5. The molecule has 3 heterocycles. The summed E-state index contributed by atoms with van der Waals surface area (Å²) in [6.45, 7) is -0.466. The summed E-state index contributed by atoms with van der Waals surface area (Å²) in [5.74, 6) is -3.76. The van der Waals surface area contributed by atoms with Crippen LogP contribution >= 0.6 is 23.1 Å². The third kappa shape index (κ3) is 5.75. The lowest BCUT2D eigenvalue weighted by atomic mass is 9.83. The molecule has 0 bridgehead atoms. The minimum Gasteiger partial charge on any atom is -0.504 e. The van der Waals surface area contributed by atoms with Crippen molar-refractivity contribution in [3.8, 4) is 11.5 Å². The minimum absolute atomic E-state index is 0.0995. The molecule has 15 nitrogen and oxygen atoms in total. The number of primary sulfonamides is 1.